The van der Waals surface area contributed by atoms with E-state index in [0.717, 1.165) is 19.0 Å². The van der Waals surface area contributed by atoms with Crippen molar-refractivity contribution in [2.24, 2.45) is 5.41 Å². The van der Waals surface area contributed by atoms with Crippen molar-refractivity contribution in [3.8, 4) is 0 Å². The monoisotopic (exact) mass is 173 g/mol. The van der Waals surface area contributed by atoms with E-state index in [0.29, 0.717) is 5.41 Å². The Balaban J connectivity index is 2.39. The summed E-state index contributed by atoms with van der Waals surface area (Å²) in [7, 11) is 0. The maximum Gasteiger partial charge on any atom is 0.0290 e. The lowest BCUT2D eigenvalue weighted by molar-refractivity contribution is 0.317. The molecule has 1 aliphatic rings. The molecule has 1 unspecified atom stereocenters. The lowest BCUT2D eigenvalue weighted by Crippen LogP contribution is -2.26. The van der Waals surface area contributed by atoms with Crippen LogP contribution in [0.25, 0.3) is 0 Å². The summed E-state index contributed by atoms with van der Waals surface area (Å²) in [6, 6.07) is 0. The van der Waals surface area contributed by atoms with Gasteiger partial charge in [0, 0.05) is 19.0 Å². The topological polar surface area (TPSA) is 3.24 Å². The van der Waals surface area contributed by atoms with Crippen molar-refractivity contribution in [2.45, 2.75) is 13.3 Å². The molecule has 0 aromatic rings. The molecule has 0 saturated carbocycles. The van der Waals surface area contributed by atoms with Crippen LogP contribution in [0.5, 0.6) is 0 Å². The summed E-state index contributed by atoms with van der Waals surface area (Å²) in [4.78, 5) is 2.40. The predicted molar refractivity (Wildman–Crippen MR) is 50.1 cm³/mol. The molecule has 0 radical (unpaired) electrons. The summed E-state index contributed by atoms with van der Waals surface area (Å²) < 4.78 is 0. The van der Waals surface area contributed by atoms with E-state index in [1.807, 2.05) is 6.08 Å². The number of nitrogens with zero attached hydrogens (tertiary/aromatic N) is 1. The van der Waals surface area contributed by atoms with Gasteiger partial charge in [-0.15, -0.1) is 18.2 Å². The summed E-state index contributed by atoms with van der Waals surface area (Å²) in [5.41, 5.74) is 0.352. The van der Waals surface area contributed by atoms with E-state index >= 15 is 0 Å². The number of halogens is 1. The molecule has 0 spiro atoms. The Morgan fingerprint density at radius 3 is 2.91 bits per heavy atom. The molecule has 0 amide bonds. The lowest BCUT2D eigenvalue weighted by atomic mass is 9.93. The Morgan fingerprint density at radius 1 is 1.73 bits per heavy atom. The first-order valence-electron chi connectivity index (χ1n) is 4.09. The number of likely N-dealkylation sites (tertiary alicyclic amines) is 1. The largest absolute Gasteiger partial charge is 0.299 e. The highest BCUT2D eigenvalue weighted by Crippen LogP contribution is 2.30. The fourth-order valence-corrected chi connectivity index (χ4v) is 1.79. The molecule has 0 N–H and O–H groups in total. The molecule has 0 aromatic carbocycles. The van der Waals surface area contributed by atoms with Gasteiger partial charge in [-0.25, -0.2) is 0 Å². The molecule has 1 atom stereocenters. The van der Waals surface area contributed by atoms with Crippen LogP contribution in [-0.4, -0.2) is 30.4 Å². The average Bonchev–Trinajstić information content (AvgIpc) is 2.35. The lowest BCUT2D eigenvalue weighted by Gasteiger charge is -2.20. The third kappa shape index (κ3) is 2.21. The van der Waals surface area contributed by atoms with Crippen LogP contribution in [0.4, 0.5) is 0 Å². The minimum Gasteiger partial charge on any atom is -0.299 e. The molecule has 0 aromatic heterocycles. The van der Waals surface area contributed by atoms with Crippen molar-refractivity contribution in [3.05, 3.63) is 12.7 Å². The molecule has 0 bridgehead atoms. The Kier molecular flexibility index (Phi) is 2.97. The van der Waals surface area contributed by atoms with Gasteiger partial charge in [-0.2, -0.15) is 0 Å². The van der Waals surface area contributed by atoms with Crippen LogP contribution < -0.4 is 0 Å². The van der Waals surface area contributed by atoms with E-state index in [1.54, 1.807) is 0 Å². The molecule has 1 aliphatic heterocycles. The number of hydrogen-bond donors (Lipinski definition) is 0. The highest BCUT2D eigenvalue weighted by atomic mass is 35.5. The van der Waals surface area contributed by atoms with Crippen LogP contribution in [0.3, 0.4) is 0 Å². The molecular weight excluding hydrogens is 158 g/mol. The Morgan fingerprint density at radius 2 is 2.45 bits per heavy atom. The Hall–Kier alpha value is -0.0100. The van der Waals surface area contributed by atoms with Gasteiger partial charge in [-0.1, -0.05) is 13.0 Å². The normalized spacial score (nSPS) is 32.5. The van der Waals surface area contributed by atoms with Gasteiger partial charge in [0.2, 0.25) is 0 Å². The minimum atomic E-state index is 0.352. The van der Waals surface area contributed by atoms with Crippen molar-refractivity contribution in [2.75, 3.05) is 25.5 Å². The fraction of sp³-hybridized carbons (Fsp3) is 0.778. The van der Waals surface area contributed by atoms with E-state index in [4.69, 9.17) is 11.6 Å². The second-order valence-electron chi connectivity index (χ2n) is 3.72. The zero-order valence-electron chi connectivity index (χ0n) is 7.15. The number of rotatable bonds is 3. The zero-order chi connectivity index (χ0) is 8.32. The SMILES string of the molecule is C=CCN1CCC(C)(CCl)C1. The van der Waals surface area contributed by atoms with Gasteiger partial charge in [0.25, 0.3) is 0 Å². The first-order chi connectivity index (χ1) is 5.20. The Labute approximate surface area is 74.0 Å². The van der Waals surface area contributed by atoms with Crippen LogP contribution in [0.2, 0.25) is 0 Å². The van der Waals surface area contributed by atoms with Gasteiger partial charge >= 0.3 is 0 Å². The second kappa shape index (κ2) is 3.59. The molecule has 1 saturated heterocycles. The number of hydrogen-bond acceptors (Lipinski definition) is 1. The molecule has 11 heavy (non-hydrogen) atoms. The van der Waals surface area contributed by atoms with Crippen molar-refractivity contribution >= 4 is 11.6 Å². The summed E-state index contributed by atoms with van der Waals surface area (Å²) in [6.07, 6.45) is 3.18. The molecule has 2 heteroatoms. The van der Waals surface area contributed by atoms with Crippen LogP contribution in [0, 0.1) is 5.41 Å². The first kappa shape index (κ1) is 9.08. The quantitative estimate of drug-likeness (QED) is 0.467. The van der Waals surface area contributed by atoms with E-state index in [1.165, 1.54) is 13.0 Å². The van der Waals surface area contributed by atoms with Crippen LogP contribution in [0.1, 0.15) is 13.3 Å². The van der Waals surface area contributed by atoms with E-state index < -0.39 is 0 Å². The van der Waals surface area contributed by atoms with Crippen molar-refractivity contribution in [1.29, 1.82) is 0 Å². The highest BCUT2D eigenvalue weighted by Gasteiger charge is 2.31. The predicted octanol–water partition coefficient (Wildman–Crippen LogP) is 2.12. The van der Waals surface area contributed by atoms with E-state index in [2.05, 4.69) is 18.4 Å². The second-order valence-corrected chi connectivity index (χ2v) is 3.99. The molecule has 1 rings (SSSR count). The maximum atomic E-state index is 5.86. The van der Waals surface area contributed by atoms with Gasteiger partial charge in [0.05, 0.1) is 0 Å². The smallest absolute Gasteiger partial charge is 0.0290 e. The molecule has 0 aliphatic carbocycles. The third-order valence-corrected chi connectivity index (χ3v) is 2.99. The summed E-state index contributed by atoms with van der Waals surface area (Å²) >= 11 is 5.86. The molecule has 1 fully saturated rings. The summed E-state index contributed by atoms with van der Waals surface area (Å²) in [5, 5.41) is 0. The van der Waals surface area contributed by atoms with Crippen molar-refractivity contribution in [3.63, 3.8) is 0 Å². The van der Waals surface area contributed by atoms with Gasteiger partial charge in [0.15, 0.2) is 0 Å². The average molecular weight is 174 g/mol. The summed E-state index contributed by atoms with van der Waals surface area (Å²) in [5.74, 6) is 0.778. The molecule has 64 valence electrons. The van der Waals surface area contributed by atoms with Gasteiger partial charge in [-0.3, -0.25) is 4.90 Å². The van der Waals surface area contributed by atoms with Gasteiger partial charge in [-0.05, 0) is 18.4 Å². The molecule has 1 nitrogen and oxygen atoms in total. The number of alkyl halides is 1. The van der Waals surface area contributed by atoms with Gasteiger partial charge < -0.3 is 0 Å². The van der Waals surface area contributed by atoms with Gasteiger partial charge in [0.1, 0.15) is 0 Å². The standard InChI is InChI=1S/C9H16ClN/c1-3-5-11-6-4-9(2,7-10)8-11/h3H,1,4-8H2,2H3. The van der Waals surface area contributed by atoms with Crippen molar-refractivity contribution < 1.29 is 0 Å². The molecule has 1 heterocycles. The van der Waals surface area contributed by atoms with Crippen LogP contribution in [0.15, 0.2) is 12.7 Å². The third-order valence-electron chi connectivity index (χ3n) is 2.35. The van der Waals surface area contributed by atoms with Crippen LogP contribution in [-0.2, 0) is 0 Å². The summed E-state index contributed by atoms with van der Waals surface area (Å²) in [6.45, 7) is 9.29. The van der Waals surface area contributed by atoms with Crippen LogP contribution >= 0.6 is 11.6 Å². The zero-order valence-corrected chi connectivity index (χ0v) is 7.90. The van der Waals surface area contributed by atoms with Crippen molar-refractivity contribution in [1.82, 2.24) is 4.90 Å². The minimum absolute atomic E-state index is 0.352. The van der Waals surface area contributed by atoms with E-state index in [-0.39, 0.29) is 0 Å². The fourth-order valence-electron chi connectivity index (χ4n) is 1.57. The Bertz CT molecular complexity index is 146. The maximum absolute atomic E-state index is 5.86. The highest BCUT2D eigenvalue weighted by molar-refractivity contribution is 6.18. The van der Waals surface area contributed by atoms with E-state index in [9.17, 15) is 0 Å². The molecular formula is C9H16ClN. The first-order valence-corrected chi connectivity index (χ1v) is 4.63.